The van der Waals surface area contributed by atoms with Crippen molar-refractivity contribution in [2.24, 2.45) is 5.10 Å². The lowest BCUT2D eigenvalue weighted by atomic mass is 10.0. The van der Waals surface area contributed by atoms with E-state index in [0.29, 0.717) is 23.7 Å². The number of nitrogens with one attached hydrogen (secondary N) is 3. The molecule has 0 saturated carbocycles. The first-order valence-corrected chi connectivity index (χ1v) is 9.91. The summed E-state index contributed by atoms with van der Waals surface area (Å²) >= 11 is 0. The van der Waals surface area contributed by atoms with E-state index in [9.17, 15) is 8.78 Å². The van der Waals surface area contributed by atoms with Gasteiger partial charge < -0.3 is 9.47 Å². The number of morpholine rings is 1. The third kappa shape index (κ3) is 6.14. The maximum Gasteiger partial charge on any atom is 0.308 e. The minimum absolute atomic E-state index is 0.219. The molecule has 0 aliphatic carbocycles. The first-order valence-electron chi connectivity index (χ1n) is 9.91. The van der Waals surface area contributed by atoms with Crippen LogP contribution >= 0.6 is 0 Å². The Balaban J connectivity index is 1.65. The van der Waals surface area contributed by atoms with Crippen molar-refractivity contribution in [3.05, 3.63) is 42.2 Å². The number of rotatable bonds is 11. The second-order valence-electron chi connectivity index (χ2n) is 6.86. The van der Waals surface area contributed by atoms with Gasteiger partial charge in [0.15, 0.2) is 17.7 Å². The molecule has 3 N–H and O–H groups in total. The van der Waals surface area contributed by atoms with Crippen molar-refractivity contribution in [1.82, 2.24) is 31.1 Å². The quantitative estimate of drug-likeness (QED) is 0.275. The van der Waals surface area contributed by atoms with Crippen molar-refractivity contribution in [2.45, 2.75) is 12.1 Å². The lowest BCUT2D eigenvalue weighted by Gasteiger charge is -2.27. The van der Waals surface area contributed by atoms with Gasteiger partial charge in [-0.15, -0.1) is 0 Å². The first-order chi connectivity index (χ1) is 15.0. The molecule has 1 aliphatic rings. The third-order valence-corrected chi connectivity index (χ3v) is 4.79. The first kappa shape index (κ1) is 22.9. The van der Waals surface area contributed by atoms with Crippen LogP contribution in [0.5, 0.6) is 5.75 Å². The molecular weight excluding hydrogens is 408 g/mol. The van der Waals surface area contributed by atoms with E-state index in [1.165, 1.54) is 25.2 Å². The normalized spacial score (nSPS) is 16.0. The van der Waals surface area contributed by atoms with Crippen molar-refractivity contribution in [2.75, 3.05) is 46.5 Å². The molecule has 1 saturated heterocycles. The predicted molar refractivity (Wildman–Crippen MR) is 113 cm³/mol. The van der Waals surface area contributed by atoms with Gasteiger partial charge in [0.25, 0.3) is 0 Å². The van der Waals surface area contributed by atoms with E-state index in [1.54, 1.807) is 18.5 Å². The van der Waals surface area contributed by atoms with E-state index in [2.05, 4.69) is 43.0 Å². The average Bonchev–Trinajstić information content (AvgIpc) is 2.80. The minimum Gasteiger partial charge on any atom is -0.489 e. The van der Waals surface area contributed by atoms with E-state index in [-0.39, 0.29) is 5.56 Å². The number of hydrazone groups is 1. The topological polar surface area (TPSA) is 95.9 Å². The van der Waals surface area contributed by atoms with Crippen LogP contribution in [0.15, 0.2) is 41.8 Å². The molecule has 1 aliphatic heterocycles. The largest absolute Gasteiger partial charge is 0.489 e. The summed E-state index contributed by atoms with van der Waals surface area (Å²) in [6.45, 7) is 7.77. The molecule has 1 fully saturated rings. The van der Waals surface area contributed by atoms with E-state index in [1.807, 2.05) is 0 Å². The summed E-state index contributed by atoms with van der Waals surface area (Å²) in [7, 11) is 1.49. The standard InChI is InChI=1S/C20H27F2N7O2/c1-23-27-19(28-24-2)20(21,22)16-5-3-4-15(12-16)18-25-13-17(14-26-18)31-11-8-29-6-9-30-10-7-29/h3-5,12-14,19,24,27-28H,1,6-11H2,2H3. The number of aromatic nitrogens is 2. The lowest BCUT2D eigenvalue weighted by molar-refractivity contribution is -0.0584. The van der Waals surface area contributed by atoms with Crippen molar-refractivity contribution < 1.29 is 18.3 Å². The Morgan fingerprint density at radius 3 is 2.71 bits per heavy atom. The van der Waals surface area contributed by atoms with Gasteiger partial charge in [0.2, 0.25) is 0 Å². The summed E-state index contributed by atoms with van der Waals surface area (Å²) in [4.78, 5) is 10.8. The molecule has 2 aromatic rings. The monoisotopic (exact) mass is 435 g/mol. The summed E-state index contributed by atoms with van der Waals surface area (Å²) in [6.07, 6.45) is 1.59. The molecule has 2 heterocycles. The number of ether oxygens (including phenoxy) is 2. The highest BCUT2D eigenvalue weighted by atomic mass is 19.3. The number of benzene rings is 1. The van der Waals surface area contributed by atoms with Gasteiger partial charge in [-0.3, -0.25) is 15.8 Å². The van der Waals surface area contributed by atoms with Crippen LogP contribution in [0.25, 0.3) is 11.4 Å². The van der Waals surface area contributed by atoms with Crippen LogP contribution in [0.3, 0.4) is 0 Å². The summed E-state index contributed by atoms with van der Waals surface area (Å²) < 4.78 is 40.9. The number of nitrogens with zero attached hydrogens (tertiary/aromatic N) is 4. The number of hydrogen-bond acceptors (Lipinski definition) is 9. The number of hydrogen-bond donors (Lipinski definition) is 3. The van der Waals surface area contributed by atoms with Crippen molar-refractivity contribution in [3.8, 4) is 17.1 Å². The van der Waals surface area contributed by atoms with Crippen molar-refractivity contribution >= 4 is 6.72 Å². The van der Waals surface area contributed by atoms with Gasteiger partial charge in [-0.05, 0) is 13.1 Å². The fourth-order valence-corrected chi connectivity index (χ4v) is 3.13. The van der Waals surface area contributed by atoms with Crippen LogP contribution in [0.2, 0.25) is 0 Å². The Kier molecular flexibility index (Phi) is 8.18. The molecule has 1 unspecified atom stereocenters. The summed E-state index contributed by atoms with van der Waals surface area (Å²) in [5.41, 5.74) is 7.43. The molecule has 1 aromatic carbocycles. The maximum atomic E-state index is 14.9. The summed E-state index contributed by atoms with van der Waals surface area (Å²) in [5, 5.41) is 3.36. The van der Waals surface area contributed by atoms with Gasteiger partial charge in [0.1, 0.15) is 6.61 Å². The van der Waals surface area contributed by atoms with Gasteiger partial charge in [-0.2, -0.15) is 13.9 Å². The van der Waals surface area contributed by atoms with Crippen LogP contribution in [-0.4, -0.2) is 74.3 Å². The highest BCUT2D eigenvalue weighted by molar-refractivity contribution is 5.56. The molecule has 0 spiro atoms. The van der Waals surface area contributed by atoms with Crippen LogP contribution in [0.4, 0.5) is 8.78 Å². The van der Waals surface area contributed by atoms with E-state index in [0.717, 1.165) is 32.8 Å². The number of hydrazine groups is 1. The lowest BCUT2D eigenvalue weighted by Crippen LogP contribution is -2.55. The molecule has 11 heteroatoms. The third-order valence-electron chi connectivity index (χ3n) is 4.79. The van der Waals surface area contributed by atoms with Crippen molar-refractivity contribution in [1.29, 1.82) is 0 Å². The smallest absolute Gasteiger partial charge is 0.308 e. The Hall–Kier alpha value is -2.73. The van der Waals surface area contributed by atoms with Crippen LogP contribution in [0.1, 0.15) is 5.56 Å². The number of alkyl halides is 2. The molecule has 9 nitrogen and oxygen atoms in total. The highest BCUT2D eigenvalue weighted by Gasteiger charge is 2.41. The molecule has 31 heavy (non-hydrogen) atoms. The fourth-order valence-electron chi connectivity index (χ4n) is 3.13. The second-order valence-corrected chi connectivity index (χ2v) is 6.86. The van der Waals surface area contributed by atoms with Gasteiger partial charge in [0.05, 0.1) is 25.6 Å². The zero-order chi connectivity index (χ0) is 22.1. The van der Waals surface area contributed by atoms with E-state index in [4.69, 9.17) is 9.47 Å². The molecular formula is C20H27F2N7O2. The fraction of sp³-hybridized carbons (Fsp3) is 0.450. The molecule has 0 amide bonds. The molecule has 0 radical (unpaired) electrons. The van der Waals surface area contributed by atoms with Crippen molar-refractivity contribution in [3.63, 3.8) is 0 Å². The summed E-state index contributed by atoms with van der Waals surface area (Å²) in [5.74, 6) is -2.44. The maximum absolute atomic E-state index is 14.9. The second kappa shape index (κ2) is 11.0. The Morgan fingerprint density at radius 1 is 1.29 bits per heavy atom. The zero-order valence-electron chi connectivity index (χ0n) is 17.4. The molecule has 0 bridgehead atoms. The SMILES string of the molecule is C=NNC(NNC)C(F)(F)c1cccc(-c2ncc(OCCN3CCOCC3)cn2)c1. The Bertz CT molecular complexity index is 833. The minimum atomic E-state index is -3.29. The zero-order valence-corrected chi connectivity index (χ0v) is 17.4. The molecule has 1 atom stereocenters. The average molecular weight is 435 g/mol. The van der Waals surface area contributed by atoms with Crippen LogP contribution < -0.4 is 21.0 Å². The van der Waals surface area contributed by atoms with Gasteiger partial charge >= 0.3 is 5.92 Å². The molecule has 1 aromatic heterocycles. The molecule has 168 valence electrons. The van der Waals surface area contributed by atoms with Gasteiger partial charge in [0, 0.05) is 37.5 Å². The number of halogens is 2. The Labute approximate surface area is 179 Å². The van der Waals surface area contributed by atoms with Gasteiger partial charge in [-0.1, -0.05) is 18.2 Å². The highest BCUT2D eigenvalue weighted by Crippen LogP contribution is 2.32. The molecule has 3 rings (SSSR count). The van der Waals surface area contributed by atoms with Crippen LogP contribution in [0, 0.1) is 0 Å². The Morgan fingerprint density at radius 2 is 2.03 bits per heavy atom. The van der Waals surface area contributed by atoms with Gasteiger partial charge in [-0.25, -0.2) is 15.4 Å². The van der Waals surface area contributed by atoms with E-state index >= 15 is 0 Å². The predicted octanol–water partition coefficient (Wildman–Crippen LogP) is 1.20. The van der Waals surface area contributed by atoms with Crippen LogP contribution in [-0.2, 0) is 10.7 Å². The summed E-state index contributed by atoms with van der Waals surface area (Å²) in [6, 6.07) is 5.89. The van der Waals surface area contributed by atoms with E-state index < -0.39 is 12.1 Å².